The summed E-state index contributed by atoms with van der Waals surface area (Å²) in [5.41, 5.74) is 1.04. The van der Waals surface area contributed by atoms with E-state index in [9.17, 15) is 4.79 Å². The molecule has 82 valence electrons. The Morgan fingerprint density at radius 3 is 2.81 bits per heavy atom. The lowest BCUT2D eigenvalue weighted by Gasteiger charge is -1.99. The summed E-state index contributed by atoms with van der Waals surface area (Å²) in [6, 6.07) is 7.67. The summed E-state index contributed by atoms with van der Waals surface area (Å²) < 4.78 is 0. The van der Waals surface area contributed by atoms with Gasteiger partial charge in [0.05, 0.1) is 9.88 Å². The zero-order chi connectivity index (χ0) is 11.5. The van der Waals surface area contributed by atoms with E-state index in [0.717, 1.165) is 15.6 Å². The molecule has 0 saturated carbocycles. The van der Waals surface area contributed by atoms with E-state index in [4.69, 9.17) is 11.6 Å². The first-order chi connectivity index (χ1) is 7.66. The molecule has 1 aromatic heterocycles. The maximum Gasteiger partial charge on any atom is 0.171 e. The lowest BCUT2D eigenvalue weighted by Crippen LogP contribution is -1.87. The van der Waals surface area contributed by atoms with Crippen LogP contribution in [-0.4, -0.2) is 10.8 Å². The highest BCUT2D eigenvalue weighted by atomic mass is 35.5. The van der Waals surface area contributed by atoms with E-state index in [1.165, 1.54) is 11.3 Å². The van der Waals surface area contributed by atoms with Crippen molar-refractivity contribution in [3.8, 4) is 0 Å². The minimum atomic E-state index is 0.0582. The molecule has 0 aliphatic heterocycles. The molecule has 0 saturated heterocycles. The van der Waals surface area contributed by atoms with Crippen LogP contribution in [0.3, 0.4) is 0 Å². The smallest absolute Gasteiger partial charge is 0.171 e. The third-order valence-corrected chi connectivity index (χ3v) is 3.67. The highest BCUT2D eigenvalue weighted by Gasteiger charge is 2.07. The van der Waals surface area contributed by atoms with Gasteiger partial charge in [-0.15, -0.1) is 11.3 Å². The van der Waals surface area contributed by atoms with Crippen LogP contribution in [0.5, 0.6) is 0 Å². The number of aromatic nitrogens is 1. The average Bonchev–Trinajstić information content (AvgIpc) is 2.70. The molecule has 0 amide bonds. The maximum absolute atomic E-state index is 11.1. The molecule has 1 aromatic carbocycles. The van der Waals surface area contributed by atoms with E-state index in [1.807, 2.05) is 24.3 Å². The van der Waals surface area contributed by atoms with E-state index >= 15 is 0 Å². The molecule has 0 aliphatic carbocycles. The van der Waals surface area contributed by atoms with Crippen LogP contribution in [0.15, 0.2) is 30.5 Å². The standard InChI is InChI=1S/C12H10ClNOS/c1-8(15)11-7-14-12(16-11)6-9-4-2-3-5-10(9)13/h2-5,7H,6H2,1H3. The van der Waals surface area contributed by atoms with Crippen molar-refractivity contribution in [2.24, 2.45) is 0 Å². The summed E-state index contributed by atoms with van der Waals surface area (Å²) >= 11 is 7.48. The lowest BCUT2D eigenvalue weighted by atomic mass is 10.2. The monoisotopic (exact) mass is 251 g/mol. The van der Waals surface area contributed by atoms with Crippen LogP contribution in [0.2, 0.25) is 5.02 Å². The van der Waals surface area contributed by atoms with Crippen molar-refractivity contribution in [3.05, 3.63) is 50.9 Å². The Labute approximate surface area is 103 Å². The second-order valence-corrected chi connectivity index (χ2v) is 4.97. The molecule has 0 radical (unpaired) electrons. The highest BCUT2D eigenvalue weighted by Crippen LogP contribution is 2.22. The van der Waals surface area contributed by atoms with Crippen LogP contribution in [0.25, 0.3) is 0 Å². The third kappa shape index (κ3) is 2.49. The normalized spacial score (nSPS) is 10.4. The molecule has 1 heterocycles. The van der Waals surface area contributed by atoms with Gasteiger partial charge in [0, 0.05) is 24.6 Å². The molecule has 2 rings (SSSR count). The van der Waals surface area contributed by atoms with Crippen molar-refractivity contribution in [1.82, 2.24) is 4.98 Å². The van der Waals surface area contributed by atoms with Gasteiger partial charge in [0.25, 0.3) is 0 Å². The van der Waals surface area contributed by atoms with Crippen molar-refractivity contribution in [2.45, 2.75) is 13.3 Å². The first kappa shape index (κ1) is 11.3. The van der Waals surface area contributed by atoms with E-state index in [2.05, 4.69) is 4.98 Å². The Hall–Kier alpha value is -1.19. The molecule has 4 heteroatoms. The summed E-state index contributed by atoms with van der Waals surface area (Å²) in [4.78, 5) is 16.0. The molecule has 2 nitrogen and oxygen atoms in total. The Bertz CT molecular complexity index is 521. The fraction of sp³-hybridized carbons (Fsp3) is 0.167. The Kier molecular flexibility index (Phi) is 3.36. The van der Waals surface area contributed by atoms with Crippen molar-refractivity contribution in [3.63, 3.8) is 0 Å². The predicted molar refractivity (Wildman–Crippen MR) is 66.4 cm³/mol. The number of rotatable bonds is 3. The van der Waals surface area contributed by atoms with Gasteiger partial charge in [-0.2, -0.15) is 0 Å². The average molecular weight is 252 g/mol. The van der Waals surface area contributed by atoms with E-state index in [1.54, 1.807) is 13.1 Å². The van der Waals surface area contributed by atoms with Gasteiger partial charge < -0.3 is 0 Å². The molecule has 2 aromatic rings. The number of ketones is 1. The van der Waals surface area contributed by atoms with Gasteiger partial charge in [-0.1, -0.05) is 29.8 Å². The Balaban J connectivity index is 2.21. The van der Waals surface area contributed by atoms with Crippen molar-refractivity contribution >= 4 is 28.7 Å². The number of halogens is 1. The highest BCUT2D eigenvalue weighted by molar-refractivity contribution is 7.13. The Morgan fingerprint density at radius 2 is 2.19 bits per heavy atom. The van der Waals surface area contributed by atoms with Crippen molar-refractivity contribution < 1.29 is 4.79 Å². The molecule has 0 atom stereocenters. The molecule has 0 aliphatic rings. The predicted octanol–water partition coefficient (Wildman–Crippen LogP) is 3.59. The minimum absolute atomic E-state index is 0.0582. The van der Waals surface area contributed by atoms with Gasteiger partial charge in [0.1, 0.15) is 0 Å². The minimum Gasteiger partial charge on any atom is -0.294 e. The number of carbonyl (C=O) groups is 1. The number of benzene rings is 1. The number of hydrogen-bond donors (Lipinski definition) is 0. The second kappa shape index (κ2) is 4.76. The summed E-state index contributed by atoms with van der Waals surface area (Å²) in [6.45, 7) is 1.55. The molecule has 16 heavy (non-hydrogen) atoms. The summed E-state index contributed by atoms with van der Waals surface area (Å²) in [5, 5.41) is 1.65. The zero-order valence-electron chi connectivity index (χ0n) is 8.74. The van der Waals surface area contributed by atoms with Crippen LogP contribution in [0.4, 0.5) is 0 Å². The number of Topliss-reactive ketones (excluding diaryl/α,β-unsaturated/α-hetero) is 1. The number of nitrogens with zero attached hydrogens (tertiary/aromatic N) is 1. The van der Waals surface area contributed by atoms with Crippen LogP contribution in [0, 0.1) is 0 Å². The fourth-order valence-corrected chi connectivity index (χ4v) is 2.40. The van der Waals surface area contributed by atoms with E-state index in [0.29, 0.717) is 11.3 Å². The van der Waals surface area contributed by atoms with Crippen LogP contribution in [-0.2, 0) is 6.42 Å². The van der Waals surface area contributed by atoms with Gasteiger partial charge in [0.15, 0.2) is 5.78 Å². The molecular weight excluding hydrogens is 242 g/mol. The lowest BCUT2D eigenvalue weighted by molar-refractivity contribution is 0.102. The molecule has 0 fully saturated rings. The first-order valence-corrected chi connectivity index (χ1v) is 6.05. The topological polar surface area (TPSA) is 30.0 Å². The SMILES string of the molecule is CC(=O)c1cnc(Cc2ccccc2Cl)s1. The van der Waals surface area contributed by atoms with Crippen LogP contribution < -0.4 is 0 Å². The quantitative estimate of drug-likeness (QED) is 0.781. The Morgan fingerprint density at radius 1 is 1.44 bits per heavy atom. The first-order valence-electron chi connectivity index (χ1n) is 4.86. The molecule has 0 unspecified atom stereocenters. The van der Waals surface area contributed by atoms with Gasteiger partial charge in [-0.05, 0) is 11.6 Å². The third-order valence-electron chi connectivity index (χ3n) is 2.20. The summed E-state index contributed by atoms with van der Waals surface area (Å²) in [5.74, 6) is 0.0582. The molecule has 0 bridgehead atoms. The van der Waals surface area contributed by atoms with Crippen LogP contribution >= 0.6 is 22.9 Å². The maximum atomic E-state index is 11.1. The molecular formula is C12H10ClNOS. The van der Waals surface area contributed by atoms with Crippen molar-refractivity contribution in [1.29, 1.82) is 0 Å². The van der Waals surface area contributed by atoms with Gasteiger partial charge in [0.2, 0.25) is 0 Å². The number of thiazole rings is 1. The van der Waals surface area contributed by atoms with E-state index in [-0.39, 0.29) is 5.78 Å². The molecule has 0 spiro atoms. The van der Waals surface area contributed by atoms with Gasteiger partial charge in [-0.3, -0.25) is 4.79 Å². The zero-order valence-corrected chi connectivity index (χ0v) is 10.3. The number of carbonyl (C=O) groups excluding carboxylic acids is 1. The van der Waals surface area contributed by atoms with E-state index < -0.39 is 0 Å². The molecule has 0 N–H and O–H groups in total. The fourth-order valence-electron chi connectivity index (χ4n) is 1.36. The van der Waals surface area contributed by atoms with Gasteiger partial charge in [-0.25, -0.2) is 4.98 Å². The summed E-state index contributed by atoms with van der Waals surface area (Å²) in [6.07, 6.45) is 2.30. The van der Waals surface area contributed by atoms with Gasteiger partial charge >= 0.3 is 0 Å². The second-order valence-electron chi connectivity index (χ2n) is 3.44. The largest absolute Gasteiger partial charge is 0.294 e. The van der Waals surface area contributed by atoms with Crippen molar-refractivity contribution in [2.75, 3.05) is 0 Å². The summed E-state index contributed by atoms with van der Waals surface area (Å²) in [7, 11) is 0. The van der Waals surface area contributed by atoms with Crippen LogP contribution in [0.1, 0.15) is 27.2 Å². The number of hydrogen-bond acceptors (Lipinski definition) is 3.